The smallest absolute Gasteiger partial charge is 0.343 e. The molecule has 0 amide bonds. The van der Waals surface area contributed by atoms with Crippen molar-refractivity contribution in [2.24, 2.45) is 0 Å². The quantitative estimate of drug-likeness (QED) is 0.0982. The molecule has 0 radical (unpaired) electrons. The summed E-state index contributed by atoms with van der Waals surface area (Å²) >= 11 is 0. The van der Waals surface area contributed by atoms with Crippen LogP contribution in [0.25, 0.3) is 0 Å². The number of esters is 1. The van der Waals surface area contributed by atoms with Gasteiger partial charge in [0.2, 0.25) is 0 Å². The predicted molar refractivity (Wildman–Crippen MR) is 165 cm³/mol. The minimum atomic E-state index is -1.75. The van der Waals surface area contributed by atoms with Gasteiger partial charge in [-0.2, -0.15) is 0 Å². The van der Waals surface area contributed by atoms with Gasteiger partial charge in [-0.05, 0) is 87.8 Å². The molecular formula is C32H50O5Si2. The highest BCUT2D eigenvalue weighted by atomic mass is 29.3. The molecule has 0 saturated carbocycles. The van der Waals surface area contributed by atoms with Gasteiger partial charge in [0.1, 0.15) is 23.4 Å². The standard InChI is InChI=1S/C32H50O5Si2/c1-8-10-11-12-13-24-34-27-17-15-26(16-18-27)31(33)36-29-21-19-28(20-22-29)35-30(14-9-2)32(3)23-25-38(4,5)39(6,7)37-32/h15-22,30H,8-14,23-25H2,1-7H3. The van der Waals surface area contributed by atoms with Crippen LogP contribution < -0.4 is 14.2 Å². The first-order chi connectivity index (χ1) is 18.5. The molecule has 2 aromatic carbocycles. The van der Waals surface area contributed by atoms with Gasteiger partial charge in [0.05, 0.1) is 25.4 Å². The number of benzene rings is 2. The molecule has 0 aliphatic carbocycles. The largest absolute Gasteiger partial charge is 0.494 e. The van der Waals surface area contributed by atoms with Crippen LogP contribution in [0.2, 0.25) is 32.2 Å². The third-order valence-corrected chi connectivity index (χ3v) is 25.1. The highest BCUT2D eigenvalue weighted by molar-refractivity contribution is 7.38. The lowest BCUT2D eigenvalue weighted by Gasteiger charge is -2.53. The molecule has 5 nitrogen and oxygen atoms in total. The maximum atomic E-state index is 12.7. The minimum absolute atomic E-state index is 0.00940. The Morgan fingerprint density at radius 3 is 2.10 bits per heavy atom. The molecule has 2 aromatic rings. The van der Waals surface area contributed by atoms with E-state index in [1.807, 2.05) is 24.3 Å². The summed E-state index contributed by atoms with van der Waals surface area (Å²) < 4.78 is 24.9. The molecule has 2 atom stereocenters. The zero-order chi connectivity index (χ0) is 28.5. The third-order valence-electron chi connectivity index (χ3n) is 8.52. The SMILES string of the molecule is CCCCCCCOc1ccc(C(=O)Oc2ccc(OC(CCC)C3(C)CC[Si](C)(C)[Si](C)(C)O3)cc2)cc1. The summed E-state index contributed by atoms with van der Waals surface area (Å²) in [5.41, 5.74) is 0.221. The molecule has 0 bridgehead atoms. The van der Waals surface area contributed by atoms with Crippen molar-refractivity contribution in [1.29, 1.82) is 0 Å². The number of rotatable bonds is 14. The summed E-state index contributed by atoms with van der Waals surface area (Å²) in [5.74, 6) is 1.66. The van der Waals surface area contributed by atoms with Crippen LogP contribution in [0.1, 0.15) is 82.5 Å². The van der Waals surface area contributed by atoms with E-state index in [1.54, 1.807) is 24.3 Å². The molecule has 0 N–H and O–H groups in total. The lowest BCUT2D eigenvalue weighted by Crippen LogP contribution is -2.67. The van der Waals surface area contributed by atoms with Gasteiger partial charge in [0.25, 0.3) is 0 Å². The number of hydrogen-bond acceptors (Lipinski definition) is 5. The van der Waals surface area contributed by atoms with Gasteiger partial charge >= 0.3 is 5.97 Å². The number of hydrogen-bond donors (Lipinski definition) is 0. The van der Waals surface area contributed by atoms with Crippen LogP contribution in [0.3, 0.4) is 0 Å². The molecule has 1 aliphatic rings. The average molecular weight is 571 g/mol. The van der Waals surface area contributed by atoms with Crippen LogP contribution in [0, 0.1) is 0 Å². The van der Waals surface area contributed by atoms with Crippen LogP contribution in [-0.2, 0) is 4.43 Å². The molecule has 2 unspecified atom stereocenters. The van der Waals surface area contributed by atoms with Crippen LogP contribution in [0.5, 0.6) is 17.2 Å². The molecule has 1 fully saturated rings. The number of carbonyl (C=O) groups is 1. The first kappa shape index (κ1) is 31.4. The summed E-state index contributed by atoms with van der Waals surface area (Å²) in [5, 5.41) is 0. The Bertz CT molecular complexity index is 1040. The first-order valence-corrected chi connectivity index (χ1v) is 22.0. The number of unbranched alkanes of at least 4 members (excludes halogenated alkanes) is 4. The fourth-order valence-electron chi connectivity index (χ4n) is 5.11. The predicted octanol–water partition coefficient (Wildman–Crippen LogP) is 8.97. The Morgan fingerprint density at radius 2 is 1.49 bits per heavy atom. The fraction of sp³-hybridized carbons (Fsp3) is 0.594. The molecule has 216 valence electrons. The Morgan fingerprint density at radius 1 is 0.872 bits per heavy atom. The van der Waals surface area contributed by atoms with Crippen LogP contribution in [-0.4, -0.2) is 39.7 Å². The Balaban J connectivity index is 1.55. The van der Waals surface area contributed by atoms with Crippen molar-refractivity contribution in [2.75, 3.05) is 6.61 Å². The van der Waals surface area contributed by atoms with E-state index in [0.717, 1.165) is 37.2 Å². The third kappa shape index (κ3) is 8.69. The summed E-state index contributed by atoms with van der Waals surface area (Å²) in [4.78, 5) is 12.7. The maximum Gasteiger partial charge on any atom is 0.343 e. The summed E-state index contributed by atoms with van der Waals surface area (Å²) in [7, 11) is -3.07. The van der Waals surface area contributed by atoms with E-state index in [0.29, 0.717) is 17.9 Å². The molecule has 39 heavy (non-hydrogen) atoms. The van der Waals surface area contributed by atoms with Gasteiger partial charge in [0.15, 0.2) is 7.83 Å². The molecule has 3 rings (SSSR count). The van der Waals surface area contributed by atoms with Crippen molar-refractivity contribution < 1.29 is 23.4 Å². The lowest BCUT2D eigenvalue weighted by atomic mass is 9.92. The first-order valence-electron chi connectivity index (χ1n) is 14.9. The van der Waals surface area contributed by atoms with E-state index in [1.165, 1.54) is 31.7 Å². The number of carbonyl (C=O) groups excluding carboxylic acids is 1. The molecule has 0 aromatic heterocycles. The average Bonchev–Trinajstić information content (AvgIpc) is 2.90. The minimum Gasteiger partial charge on any atom is -0.494 e. The Kier molecular flexibility index (Phi) is 11.3. The molecule has 1 heterocycles. The summed E-state index contributed by atoms with van der Waals surface area (Å²) in [6.45, 7) is 17.1. The monoisotopic (exact) mass is 570 g/mol. The van der Waals surface area contributed by atoms with Gasteiger partial charge < -0.3 is 18.6 Å². The van der Waals surface area contributed by atoms with Crippen molar-refractivity contribution in [2.45, 2.75) is 116 Å². The Hall–Kier alpha value is -2.10. The second kappa shape index (κ2) is 14.0. The molecule has 7 heteroatoms. The van der Waals surface area contributed by atoms with E-state index in [9.17, 15) is 4.79 Å². The van der Waals surface area contributed by atoms with Crippen LogP contribution >= 0.6 is 0 Å². The van der Waals surface area contributed by atoms with E-state index < -0.39 is 15.4 Å². The molecular weight excluding hydrogens is 521 g/mol. The maximum absolute atomic E-state index is 12.7. The van der Waals surface area contributed by atoms with E-state index in [2.05, 4.69) is 47.0 Å². The van der Waals surface area contributed by atoms with Crippen LogP contribution in [0.4, 0.5) is 0 Å². The number of ether oxygens (including phenoxy) is 3. The highest BCUT2D eigenvalue weighted by Crippen LogP contribution is 2.42. The van der Waals surface area contributed by atoms with Gasteiger partial charge in [-0.1, -0.05) is 65.1 Å². The molecule has 1 saturated heterocycles. The second-order valence-electron chi connectivity index (χ2n) is 12.4. The van der Waals surface area contributed by atoms with Crippen molar-refractivity contribution in [3.05, 3.63) is 54.1 Å². The van der Waals surface area contributed by atoms with Crippen molar-refractivity contribution in [1.82, 2.24) is 0 Å². The van der Waals surface area contributed by atoms with Gasteiger partial charge in [0, 0.05) is 0 Å². The molecule has 1 aliphatic heterocycles. The van der Waals surface area contributed by atoms with Gasteiger partial charge in [-0.3, -0.25) is 0 Å². The summed E-state index contributed by atoms with van der Waals surface area (Å²) in [6, 6.07) is 15.8. The molecule has 0 spiro atoms. The fourth-order valence-corrected chi connectivity index (χ4v) is 12.2. The van der Waals surface area contributed by atoms with E-state index >= 15 is 0 Å². The van der Waals surface area contributed by atoms with Crippen molar-refractivity contribution in [3.8, 4) is 17.2 Å². The van der Waals surface area contributed by atoms with E-state index in [4.69, 9.17) is 18.6 Å². The zero-order valence-corrected chi connectivity index (χ0v) is 27.3. The van der Waals surface area contributed by atoms with Crippen molar-refractivity contribution in [3.63, 3.8) is 0 Å². The van der Waals surface area contributed by atoms with Crippen LogP contribution in [0.15, 0.2) is 48.5 Å². The van der Waals surface area contributed by atoms with Gasteiger partial charge in [-0.15, -0.1) is 0 Å². The highest BCUT2D eigenvalue weighted by Gasteiger charge is 2.54. The Labute approximate surface area is 238 Å². The van der Waals surface area contributed by atoms with E-state index in [-0.39, 0.29) is 17.7 Å². The van der Waals surface area contributed by atoms with Crippen molar-refractivity contribution >= 4 is 21.4 Å². The normalized spacial score (nSPS) is 20.7. The van der Waals surface area contributed by atoms with Gasteiger partial charge in [-0.25, -0.2) is 4.79 Å². The zero-order valence-electron chi connectivity index (χ0n) is 25.3. The second-order valence-corrected chi connectivity index (χ2v) is 27.5. The lowest BCUT2D eigenvalue weighted by molar-refractivity contribution is -0.0418. The summed E-state index contributed by atoms with van der Waals surface area (Å²) in [6.07, 6.45) is 9.02. The topological polar surface area (TPSA) is 54.0 Å².